The minimum Gasteiger partial charge on any atom is -0.491 e. The fourth-order valence-corrected chi connectivity index (χ4v) is 3.70. The molecule has 0 aliphatic heterocycles. The van der Waals surface area contributed by atoms with E-state index in [1.54, 1.807) is 0 Å². The summed E-state index contributed by atoms with van der Waals surface area (Å²) in [5.74, 6) is 0.888. The first-order chi connectivity index (χ1) is 12.5. The Labute approximate surface area is 160 Å². The minimum absolute atomic E-state index is 0.0629. The number of hydrogen-bond donors (Lipinski definition) is 1. The summed E-state index contributed by atoms with van der Waals surface area (Å²) in [6.45, 7) is 4.14. The molecule has 3 nitrogen and oxygen atoms in total. The van der Waals surface area contributed by atoms with Crippen LogP contribution in [0.25, 0.3) is 0 Å². The van der Waals surface area contributed by atoms with E-state index in [4.69, 9.17) is 16.3 Å². The van der Waals surface area contributed by atoms with Crippen LogP contribution >= 0.6 is 11.6 Å². The van der Waals surface area contributed by atoms with Crippen molar-refractivity contribution in [3.8, 4) is 5.75 Å². The van der Waals surface area contributed by atoms with E-state index in [1.165, 1.54) is 0 Å². The number of carbonyl (C=O) groups excluding carboxylic acids is 1. The normalized spacial score (nSPS) is 16.9. The first kappa shape index (κ1) is 18.8. The molecule has 0 heterocycles. The van der Waals surface area contributed by atoms with Gasteiger partial charge in [-0.15, -0.1) is 0 Å². The number of halogens is 1. The highest BCUT2D eigenvalue weighted by Crippen LogP contribution is 2.42. The number of nitrogens with one attached hydrogen (secondary N) is 1. The molecule has 0 radical (unpaired) electrons. The van der Waals surface area contributed by atoms with Crippen molar-refractivity contribution in [2.24, 2.45) is 0 Å². The van der Waals surface area contributed by atoms with Crippen molar-refractivity contribution in [2.45, 2.75) is 57.5 Å². The summed E-state index contributed by atoms with van der Waals surface area (Å²) >= 11 is 6.02. The molecule has 1 aliphatic carbocycles. The van der Waals surface area contributed by atoms with Gasteiger partial charge in [0, 0.05) is 10.7 Å². The van der Waals surface area contributed by atoms with E-state index in [0.29, 0.717) is 5.02 Å². The van der Waals surface area contributed by atoms with Crippen LogP contribution in [0.1, 0.15) is 51.5 Å². The maximum absolute atomic E-state index is 13.2. The van der Waals surface area contributed by atoms with Crippen molar-refractivity contribution in [2.75, 3.05) is 5.32 Å². The zero-order valence-electron chi connectivity index (χ0n) is 15.4. The molecule has 2 aromatic carbocycles. The Morgan fingerprint density at radius 1 is 1.12 bits per heavy atom. The first-order valence-corrected chi connectivity index (χ1v) is 9.75. The summed E-state index contributed by atoms with van der Waals surface area (Å²) in [6.07, 6.45) is 5.02. The monoisotopic (exact) mass is 371 g/mol. The molecule has 0 spiro atoms. The molecule has 0 aromatic heterocycles. The van der Waals surface area contributed by atoms with E-state index in [1.807, 2.05) is 55.5 Å². The largest absolute Gasteiger partial charge is 0.491 e. The van der Waals surface area contributed by atoms with Crippen LogP contribution in [0.4, 0.5) is 5.69 Å². The SMILES string of the molecule is CCC(C)Oc1ccc(NC(=O)C2(c3ccc(Cl)cc3)CCCC2)cc1. The lowest BCUT2D eigenvalue weighted by Crippen LogP contribution is -2.37. The standard InChI is InChI=1S/C22H26ClNO2/c1-3-16(2)26-20-12-10-19(11-13-20)24-21(25)22(14-4-5-15-22)17-6-8-18(23)9-7-17/h6-13,16H,3-5,14-15H2,1-2H3,(H,24,25). The molecule has 4 heteroatoms. The van der Waals surface area contributed by atoms with Crippen molar-refractivity contribution in [1.29, 1.82) is 0 Å². The molecule has 1 aliphatic rings. The summed E-state index contributed by atoms with van der Waals surface area (Å²) in [4.78, 5) is 13.2. The van der Waals surface area contributed by atoms with Gasteiger partial charge < -0.3 is 10.1 Å². The van der Waals surface area contributed by atoms with E-state index in [9.17, 15) is 4.79 Å². The van der Waals surface area contributed by atoms with E-state index >= 15 is 0 Å². The van der Waals surface area contributed by atoms with Crippen LogP contribution in [0.3, 0.4) is 0 Å². The molecule has 1 N–H and O–H groups in total. The second-order valence-corrected chi connectivity index (χ2v) is 7.55. The Morgan fingerprint density at radius 3 is 2.31 bits per heavy atom. The minimum atomic E-state index is -0.462. The molecule has 0 saturated heterocycles. The van der Waals surface area contributed by atoms with Crippen molar-refractivity contribution in [3.05, 3.63) is 59.1 Å². The Morgan fingerprint density at radius 2 is 1.73 bits per heavy atom. The van der Waals surface area contributed by atoms with Gasteiger partial charge in [0.25, 0.3) is 0 Å². The second-order valence-electron chi connectivity index (χ2n) is 7.11. The first-order valence-electron chi connectivity index (χ1n) is 9.38. The third-order valence-corrected chi connectivity index (χ3v) is 5.56. The van der Waals surface area contributed by atoms with Crippen LogP contribution in [0, 0.1) is 0 Å². The van der Waals surface area contributed by atoms with Gasteiger partial charge in [0.1, 0.15) is 5.75 Å². The predicted molar refractivity (Wildman–Crippen MR) is 107 cm³/mol. The molecule has 1 saturated carbocycles. The zero-order chi connectivity index (χ0) is 18.6. The molecule has 3 rings (SSSR count). The lowest BCUT2D eigenvalue weighted by molar-refractivity contribution is -0.121. The van der Waals surface area contributed by atoms with E-state index in [0.717, 1.165) is 49.1 Å². The Bertz CT molecular complexity index is 734. The highest BCUT2D eigenvalue weighted by Gasteiger charge is 2.42. The van der Waals surface area contributed by atoms with Gasteiger partial charge in [-0.2, -0.15) is 0 Å². The molecule has 1 amide bonds. The Hall–Kier alpha value is -2.00. The fourth-order valence-electron chi connectivity index (χ4n) is 3.58. The maximum Gasteiger partial charge on any atom is 0.235 e. The van der Waals surface area contributed by atoms with Crippen LogP contribution in [0.15, 0.2) is 48.5 Å². The van der Waals surface area contributed by atoms with Crippen LogP contribution in [0.2, 0.25) is 5.02 Å². The van der Waals surface area contributed by atoms with Gasteiger partial charge in [-0.05, 0) is 68.1 Å². The number of amides is 1. The molecule has 1 fully saturated rings. The highest BCUT2D eigenvalue weighted by molar-refractivity contribution is 6.30. The van der Waals surface area contributed by atoms with Crippen LogP contribution in [-0.4, -0.2) is 12.0 Å². The third kappa shape index (κ3) is 4.04. The third-order valence-electron chi connectivity index (χ3n) is 5.31. The summed E-state index contributed by atoms with van der Waals surface area (Å²) in [5, 5.41) is 3.80. The number of rotatable bonds is 6. The fraction of sp³-hybridized carbons (Fsp3) is 0.409. The van der Waals surface area contributed by atoms with Crippen molar-refractivity contribution in [3.63, 3.8) is 0 Å². The number of ether oxygens (including phenoxy) is 1. The number of carbonyl (C=O) groups is 1. The lowest BCUT2D eigenvalue weighted by atomic mass is 9.78. The second kappa shape index (κ2) is 8.13. The van der Waals surface area contributed by atoms with E-state index in [2.05, 4.69) is 12.2 Å². The highest BCUT2D eigenvalue weighted by atomic mass is 35.5. The van der Waals surface area contributed by atoms with Gasteiger partial charge in [-0.1, -0.05) is 43.5 Å². The average molecular weight is 372 g/mol. The molecule has 0 bridgehead atoms. The Balaban J connectivity index is 1.75. The van der Waals surface area contributed by atoms with E-state index < -0.39 is 5.41 Å². The van der Waals surface area contributed by atoms with Crippen molar-refractivity contribution < 1.29 is 9.53 Å². The molecule has 2 aromatic rings. The van der Waals surface area contributed by atoms with Crippen LogP contribution in [0.5, 0.6) is 5.75 Å². The summed E-state index contributed by atoms with van der Waals surface area (Å²) in [7, 11) is 0. The number of benzene rings is 2. The summed E-state index contributed by atoms with van der Waals surface area (Å²) < 4.78 is 5.80. The van der Waals surface area contributed by atoms with Gasteiger partial charge in [0.2, 0.25) is 5.91 Å². The molecule has 1 atom stereocenters. The molecular weight excluding hydrogens is 346 g/mol. The van der Waals surface area contributed by atoms with Crippen LogP contribution in [-0.2, 0) is 10.2 Å². The van der Waals surface area contributed by atoms with Crippen LogP contribution < -0.4 is 10.1 Å². The Kier molecular flexibility index (Phi) is 5.87. The number of hydrogen-bond acceptors (Lipinski definition) is 2. The van der Waals surface area contributed by atoms with Gasteiger partial charge in [-0.3, -0.25) is 4.79 Å². The van der Waals surface area contributed by atoms with Gasteiger partial charge >= 0.3 is 0 Å². The topological polar surface area (TPSA) is 38.3 Å². The van der Waals surface area contributed by atoms with Crippen molar-refractivity contribution >= 4 is 23.2 Å². The molecule has 138 valence electrons. The molecule has 1 unspecified atom stereocenters. The van der Waals surface area contributed by atoms with Gasteiger partial charge in [0.15, 0.2) is 0 Å². The summed E-state index contributed by atoms with van der Waals surface area (Å²) in [5.41, 5.74) is 1.39. The van der Waals surface area contributed by atoms with Crippen molar-refractivity contribution in [1.82, 2.24) is 0 Å². The number of anilines is 1. The lowest BCUT2D eigenvalue weighted by Gasteiger charge is -2.28. The van der Waals surface area contributed by atoms with E-state index in [-0.39, 0.29) is 12.0 Å². The average Bonchev–Trinajstić information content (AvgIpc) is 3.15. The smallest absolute Gasteiger partial charge is 0.235 e. The molecular formula is C22H26ClNO2. The van der Waals surface area contributed by atoms with Gasteiger partial charge in [0.05, 0.1) is 11.5 Å². The molecule has 26 heavy (non-hydrogen) atoms. The quantitative estimate of drug-likeness (QED) is 0.679. The zero-order valence-corrected chi connectivity index (χ0v) is 16.2. The summed E-state index contributed by atoms with van der Waals surface area (Å²) in [6, 6.07) is 15.3. The van der Waals surface area contributed by atoms with Gasteiger partial charge in [-0.25, -0.2) is 0 Å². The predicted octanol–water partition coefficient (Wildman–Crippen LogP) is 5.97. The maximum atomic E-state index is 13.2.